The zero-order valence-electron chi connectivity index (χ0n) is 7.90. The number of nitrogens with zero attached hydrogens (tertiary/aromatic N) is 1. The number of hydrogen-bond donors (Lipinski definition) is 2. The van der Waals surface area contributed by atoms with Gasteiger partial charge in [-0.2, -0.15) is 5.26 Å². The Morgan fingerprint density at radius 2 is 2.14 bits per heavy atom. The molecule has 14 heavy (non-hydrogen) atoms. The van der Waals surface area contributed by atoms with Crippen molar-refractivity contribution >= 4 is 0 Å². The molecule has 2 N–H and O–H groups in total. The van der Waals surface area contributed by atoms with Gasteiger partial charge in [0.15, 0.2) is 0 Å². The molecule has 0 spiro atoms. The van der Waals surface area contributed by atoms with Gasteiger partial charge in [0, 0.05) is 12.0 Å². The van der Waals surface area contributed by atoms with Crippen LogP contribution in [-0.2, 0) is 13.0 Å². The standard InChI is InChI=1S/C11H13NO2/c12-6-2-1-3-9-4-5-11(14)10(7-9)8-13/h4-5,7,13-14H,1-3,8H2. The second-order valence-electron chi connectivity index (χ2n) is 3.13. The summed E-state index contributed by atoms with van der Waals surface area (Å²) in [4.78, 5) is 0. The number of aromatic hydroxyl groups is 1. The fourth-order valence-corrected chi connectivity index (χ4v) is 1.29. The SMILES string of the molecule is N#CCCCc1ccc(O)c(CO)c1. The summed E-state index contributed by atoms with van der Waals surface area (Å²) in [5, 5.41) is 26.6. The fraction of sp³-hybridized carbons (Fsp3) is 0.364. The second kappa shape index (κ2) is 5.25. The maximum Gasteiger partial charge on any atom is 0.121 e. The number of aliphatic hydroxyl groups excluding tert-OH is 1. The van der Waals surface area contributed by atoms with Crippen LogP contribution in [0.5, 0.6) is 5.75 Å². The molecule has 3 heteroatoms. The third kappa shape index (κ3) is 2.75. The van der Waals surface area contributed by atoms with Crippen molar-refractivity contribution in [2.45, 2.75) is 25.9 Å². The largest absolute Gasteiger partial charge is 0.508 e. The molecule has 0 atom stereocenters. The first-order valence-electron chi connectivity index (χ1n) is 4.56. The summed E-state index contributed by atoms with van der Waals surface area (Å²) in [5.41, 5.74) is 1.58. The van der Waals surface area contributed by atoms with Crippen LogP contribution in [0.3, 0.4) is 0 Å². The van der Waals surface area contributed by atoms with Gasteiger partial charge in [-0.1, -0.05) is 6.07 Å². The van der Waals surface area contributed by atoms with Crippen LogP contribution in [0.2, 0.25) is 0 Å². The van der Waals surface area contributed by atoms with Crippen molar-refractivity contribution < 1.29 is 10.2 Å². The number of phenols is 1. The summed E-state index contributed by atoms with van der Waals surface area (Å²) in [6, 6.07) is 7.24. The lowest BCUT2D eigenvalue weighted by molar-refractivity contribution is 0.275. The van der Waals surface area contributed by atoms with Gasteiger partial charge in [0.2, 0.25) is 0 Å². The van der Waals surface area contributed by atoms with E-state index in [1.165, 1.54) is 0 Å². The highest BCUT2D eigenvalue weighted by Gasteiger charge is 2.01. The Balaban J connectivity index is 2.65. The molecule has 0 aliphatic rings. The van der Waals surface area contributed by atoms with Crippen molar-refractivity contribution in [3.8, 4) is 11.8 Å². The summed E-state index contributed by atoms with van der Waals surface area (Å²) in [6.45, 7) is -0.155. The van der Waals surface area contributed by atoms with Crippen molar-refractivity contribution in [2.24, 2.45) is 0 Å². The second-order valence-corrected chi connectivity index (χ2v) is 3.13. The van der Waals surface area contributed by atoms with Crippen molar-refractivity contribution in [1.29, 1.82) is 5.26 Å². The zero-order valence-corrected chi connectivity index (χ0v) is 7.90. The highest BCUT2D eigenvalue weighted by molar-refractivity contribution is 5.35. The van der Waals surface area contributed by atoms with Crippen molar-refractivity contribution in [2.75, 3.05) is 0 Å². The molecule has 0 unspecified atom stereocenters. The molecular formula is C11H13NO2. The van der Waals surface area contributed by atoms with E-state index in [-0.39, 0.29) is 12.4 Å². The Labute approximate surface area is 83.2 Å². The van der Waals surface area contributed by atoms with E-state index < -0.39 is 0 Å². The minimum atomic E-state index is -0.155. The minimum absolute atomic E-state index is 0.122. The molecule has 3 nitrogen and oxygen atoms in total. The molecule has 0 aliphatic heterocycles. The Morgan fingerprint density at radius 1 is 1.36 bits per heavy atom. The average Bonchev–Trinajstić information content (AvgIpc) is 2.21. The van der Waals surface area contributed by atoms with Crippen molar-refractivity contribution in [1.82, 2.24) is 0 Å². The van der Waals surface area contributed by atoms with Gasteiger partial charge in [-0.15, -0.1) is 0 Å². The lowest BCUT2D eigenvalue weighted by Crippen LogP contribution is -1.89. The van der Waals surface area contributed by atoms with E-state index in [4.69, 9.17) is 10.4 Å². The van der Waals surface area contributed by atoms with Crippen LogP contribution < -0.4 is 0 Å². The van der Waals surface area contributed by atoms with E-state index in [0.29, 0.717) is 12.0 Å². The van der Waals surface area contributed by atoms with Gasteiger partial charge in [0.25, 0.3) is 0 Å². The van der Waals surface area contributed by atoms with Gasteiger partial charge in [-0.25, -0.2) is 0 Å². The first kappa shape index (κ1) is 10.6. The van der Waals surface area contributed by atoms with Crippen LogP contribution in [-0.4, -0.2) is 10.2 Å². The summed E-state index contributed by atoms with van der Waals surface area (Å²) in [6.07, 6.45) is 2.16. The monoisotopic (exact) mass is 191 g/mol. The lowest BCUT2D eigenvalue weighted by atomic mass is 10.1. The molecule has 1 aromatic carbocycles. The number of rotatable bonds is 4. The summed E-state index contributed by atoms with van der Waals surface area (Å²) in [5.74, 6) is 0.122. The molecule has 0 fully saturated rings. The number of nitriles is 1. The lowest BCUT2D eigenvalue weighted by Gasteiger charge is -2.04. The Bertz CT molecular complexity index is 342. The molecule has 74 valence electrons. The highest BCUT2D eigenvalue weighted by atomic mass is 16.3. The van der Waals surface area contributed by atoms with Crippen LogP contribution in [0, 0.1) is 11.3 Å². The summed E-state index contributed by atoms with van der Waals surface area (Å²) in [7, 11) is 0. The van der Waals surface area contributed by atoms with Gasteiger partial charge < -0.3 is 10.2 Å². The smallest absolute Gasteiger partial charge is 0.121 e. The quantitative estimate of drug-likeness (QED) is 0.712. The first-order valence-corrected chi connectivity index (χ1v) is 4.56. The van der Waals surface area contributed by atoms with Gasteiger partial charge in [-0.3, -0.25) is 0 Å². The number of aryl methyl sites for hydroxylation is 1. The average molecular weight is 191 g/mol. The van der Waals surface area contributed by atoms with Gasteiger partial charge >= 0.3 is 0 Å². The number of hydrogen-bond acceptors (Lipinski definition) is 3. The molecule has 0 saturated heterocycles. The fourth-order valence-electron chi connectivity index (χ4n) is 1.29. The number of unbranched alkanes of at least 4 members (excludes halogenated alkanes) is 1. The Kier molecular flexibility index (Phi) is 3.96. The van der Waals surface area contributed by atoms with E-state index >= 15 is 0 Å². The summed E-state index contributed by atoms with van der Waals surface area (Å²) < 4.78 is 0. The van der Waals surface area contributed by atoms with Crippen LogP contribution in [0.4, 0.5) is 0 Å². The van der Waals surface area contributed by atoms with Crippen LogP contribution in [0.25, 0.3) is 0 Å². The van der Waals surface area contributed by atoms with Crippen LogP contribution in [0.15, 0.2) is 18.2 Å². The molecule has 0 saturated carbocycles. The van der Waals surface area contributed by atoms with E-state index in [2.05, 4.69) is 6.07 Å². The van der Waals surface area contributed by atoms with Crippen LogP contribution in [0.1, 0.15) is 24.0 Å². The van der Waals surface area contributed by atoms with E-state index in [1.54, 1.807) is 12.1 Å². The predicted molar refractivity (Wildman–Crippen MR) is 52.6 cm³/mol. The molecule has 1 aromatic rings. The normalized spacial score (nSPS) is 9.71. The zero-order chi connectivity index (χ0) is 10.4. The third-order valence-corrected chi connectivity index (χ3v) is 2.07. The number of aliphatic hydroxyl groups is 1. The van der Waals surface area contributed by atoms with E-state index in [0.717, 1.165) is 18.4 Å². The molecular weight excluding hydrogens is 178 g/mol. The Morgan fingerprint density at radius 3 is 2.79 bits per heavy atom. The van der Waals surface area contributed by atoms with Crippen molar-refractivity contribution in [3.63, 3.8) is 0 Å². The summed E-state index contributed by atoms with van der Waals surface area (Å²) >= 11 is 0. The maximum atomic E-state index is 9.29. The van der Waals surface area contributed by atoms with Crippen molar-refractivity contribution in [3.05, 3.63) is 29.3 Å². The first-order chi connectivity index (χ1) is 6.77. The Hall–Kier alpha value is -1.53. The molecule has 1 rings (SSSR count). The minimum Gasteiger partial charge on any atom is -0.508 e. The third-order valence-electron chi connectivity index (χ3n) is 2.07. The molecule has 0 heterocycles. The van der Waals surface area contributed by atoms with Gasteiger partial charge in [0.05, 0.1) is 12.7 Å². The molecule has 0 aliphatic carbocycles. The molecule has 0 radical (unpaired) electrons. The van der Waals surface area contributed by atoms with E-state index in [1.807, 2.05) is 6.07 Å². The van der Waals surface area contributed by atoms with E-state index in [9.17, 15) is 5.11 Å². The van der Waals surface area contributed by atoms with Gasteiger partial charge in [0.1, 0.15) is 5.75 Å². The molecule has 0 bridgehead atoms. The maximum absolute atomic E-state index is 9.29. The van der Waals surface area contributed by atoms with Crippen LogP contribution >= 0.6 is 0 Å². The topological polar surface area (TPSA) is 64.2 Å². The van der Waals surface area contributed by atoms with Gasteiger partial charge in [-0.05, 0) is 30.5 Å². The number of benzene rings is 1. The molecule has 0 aromatic heterocycles. The highest BCUT2D eigenvalue weighted by Crippen LogP contribution is 2.19. The predicted octanol–water partition coefficient (Wildman–Crippen LogP) is 1.73. The molecule has 0 amide bonds.